The fraction of sp³-hybridized carbons (Fsp3) is 0.412. The first-order valence-corrected chi connectivity index (χ1v) is 16.1. The van der Waals surface area contributed by atoms with Crippen LogP contribution < -0.4 is 20.3 Å². The van der Waals surface area contributed by atoms with E-state index in [0.29, 0.717) is 29.2 Å². The summed E-state index contributed by atoms with van der Waals surface area (Å²) >= 11 is 6.12. The SMILES string of the molecule is N#Cc1ccc(OC2CCC(NC(=O)c3ccc(N4CCN(Cc5ccccc5C5CCC(=O)NC5=O)CC4)nn3)CC2)cc1Cl. The number of piperidine rings is 1. The van der Waals surface area contributed by atoms with Gasteiger partial charge in [-0.3, -0.25) is 24.6 Å². The molecule has 1 atom stereocenters. The Bertz CT molecular complexity index is 1630. The maximum atomic E-state index is 12.9. The van der Waals surface area contributed by atoms with Crippen LogP contribution in [0.5, 0.6) is 5.75 Å². The number of piperazine rings is 1. The lowest BCUT2D eigenvalue weighted by Gasteiger charge is -2.36. The van der Waals surface area contributed by atoms with E-state index in [-0.39, 0.29) is 41.5 Å². The van der Waals surface area contributed by atoms with Gasteiger partial charge in [-0.2, -0.15) is 5.26 Å². The predicted molar refractivity (Wildman–Crippen MR) is 171 cm³/mol. The number of nitriles is 1. The molecule has 238 valence electrons. The number of amides is 3. The molecule has 3 aromatic rings. The molecule has 2 saturated heterocycles. The monoisotopic (exact) mass is 641 g/mol. The third-order valence-corrected chi connectivity index (χ3v) is 9.33. The molecule has 3 aliphatic rings. The molecule has 2 N–H and O–H groups in total. The highest BCUT2D eigenvalue weighted by Crippen LogP contribution is 2.30. The summed E-state index contributed by atoms with van der Waals surface area (Å²) in [5.74, 6) is 0.425. The van der Waals surface area contributed by atoms with Crippen LogP contribution in [0.4, 0.5) is 5.82 Å². The van der Waals surface area contributed by atoms with Crippen molar-refractivity contribution in [1.29, 1.82) is 5.26 Å². The second kappa shape index (κ2) is 14.3. The lowest BCUT2D eigenvalue weighted by molar-refractivity contribution is -0.134. The van der Waals surface area contributed by atoms with E-state index in [0.717, 1.165) is 75.4 Å². The van der Waals surface area contributed by atoms with Crippen LogP contribution in [-0.4, -0.2) is 71.1 Å². The molecule has 2 aromatic carbocycles. The first kappa shape index (κ1) is 31.5. The zero-order valence-corrected chi connectivity index (χ0v) is 26.2. The average molecular weight is 642 g/mol. The second-order valence-corrected chi connectivity index (χ2v) is 12.5. The van der Waals surface area contributed by atoms with Gasteiger partial charge in [0.2, 0.25) is 11.8 Å². The number of imide groups is 1. The maximum Gasteiger partial charge on any atom is 0.272 e. The first-order chi connectivity index (χ1) is 22.4. The van der Waals surface area contributed by atoms with Gasteiger partial charge in [-0.15, -0.1) is 10.2 Å². The Balaban J connectivity index is 0.956. The van der Waals surface area contributed by atoms with E-state index < -0.39 is 0 Å². The lowest BCUT2D eigenvalue weighted by Crippen LogP contribution is -2.46. The van der Waals surface area contributed by atoms with Crippen LogP contribution in [0.25, 0.3) is 0 Å². The third-order valence-electron chi connectivity index (χ3n) is 9.02. The van der Waals surface area contributed by atoms with Crippen LogP contribution >= 0.6 is 11.6 Å². The summed E-state index contributed by atoms with van der Waals surface area (Å²) in [6.07, 6.45) is 4.08. The number of halogens is 1. The molecule has 1 aliphatic carbocycles. The third kappa shape index (κ3) is 7.46. The Hall–Kier alpha value is -4.53. The molecule has 3 fully saturated rings. The van der Waals surface area contributed by atoms with Crippen molar-refractivity contribution in [2.45, 2.75) is 63.1 Å². The van der Waals surface area contributed by atoms with E-state index in [2.05, 4.69) is 36.7 Å². The summed E-state index contributed by atoms with van der Waals surface area (Å²) in [4.78, 5) is 41.6. The van der Waals surface area contributed by atoms with Crippen molar-refractivity contribution in [2.24, 2.45) is 0 Å². The highest BCUT2D eigenvalue weighted by molar-refractivity contribution is 6.31. The fourth-order valence-corrected chi connectivity index (χ4v) is 6.65. The van der Waals surface area contributed by atoms with Crippen LogP contribution in [0.15, 0.2) is 54.6 Å². The summed E-state index contributed by atoms with van der Waals surface area (Å²) in [5.41, 5.74) is 2.81. The van der Waals surface area contributed by atoms with E-state index in [1.54, 1.807) is 24.3 Å². The number of rotatable bonds is 8. The van der Waals surface area contributed by atoms with Gasteiger partial charge in [0, 0.05) is 51.3 Å². The van der Waals surface area contributed by atoms with Crippen molar-refractivity contribution >= 4 is 35.1 Å². The quantitative estimate of drug-likeness (QED) is 0.350. The molecule has 0 spiro atoms. The Morgan fingerprint density at radius 1 is 1.00 bits per heavy atom. The summed E-state index contributed by atoms with van der Waals surface area (Å²) in [7, 11) is 0. The van der Waals surface area contributed by atoms with Crippen LogP contribution in [-0.2, 0) is 16.1 Å². The smallest absolute Gasteiger partial charge is 0.272 e. The number of hydrogen-bond donors (Lipinski definition) is 2. The summed E-state index contributed by atoms with van der Waals surface area (Å²) < 4.78 is 6.06. The van der Waals surface area contributed by atoms with Gasteiger partial charge in [0.1, 0.15) is 11.8 Å². The number of anilines is 1. The average Bonchev–Trinajstić information content (AvgIpc) is 3.07. The van der Waals surface area contributed by atoms with Gasteiger partial charge in [-0.1, -0.05) is 35.9 Å². The van der Waals surface area contributed by atoms with Gasteiger partial charge in [0.05, 0.1) is 22.6 Å². The number of aromatic nitrogens is 2. The van der Waals surface area contributed by atoms with Gasteiger partial charge in [-0.25, -0.2) is 0 Å². The molecule has 46 heavy (non-hydrogen) atoms. The van der Waals surface area contributed by atoms with E-state index in [1.807, 2.05) is 30.3 Å². The van der Waals surface area contributed by atoms with Gasteiger partial charge >= 0.3 is 0 Å². The Labute approximate surface area is 272 Å². The zero-order valence-electron chi connectivity index (χ0n) is 25.5. The molecule has 6 rings (SSSR count). The van der Waals surface area contributed by atoms with Crippen LogP contribution in [0.2, 0.25) is 5.02 Å². The van der Waals surface area contributed by atoms with Gasteiger partial charge in [0.15, 0.2) is 11.5 Å². The summed E-state index contributed by atoms with van der Waals surface area (Å²) in [6.45, 7) is 3.89. The summed E-state index contributed by atoms with van der Waals surface area (Å²) in [5, 5.41) is 23.6. The highest BCUT2D eigenvalue weighted by atomic mass is 35.5. The Morgan fingerprint density at radius 3 is 2.48 bits per heavy atom. The molecule has 0 radical (unpaired) electrons. The minimum atomic E-state index is -0.301. The number of nitrogens with zero attached hydrogens (tertiary/aromatic N) is 5. The van der Waals surface area contributed by atoms with Crippen LogP contribution in [0.3, 0.4) is 0 Å². The molecule has 1 saturated carbocycles. The molecule has 12 heteroatoms. The number of benzene rings is 2. The minimum Gasteiger partial charge on any atom is -0.490 e. The minimum absolute atomic E-state index is 0.0248. The van der Waals surface area contributed by atoms with Crippen molar-refractivity contribution < 1.29 is 19.1 Å². The number of ether oxygens (including phenoxy) is 1. The second-order valence-electron chi connectivity index (χ2n) is 12.1. The molecule has 11 nitrogen and oxygen atoms in total. The van der Waals surface area contributed by atoms with Gasteiger partial charge in [-0.05, 0) is 67.5 Å². The fourth-order valence-electron chi connectivity index (χ4n) is 6.44. The lowest BCUT2D eigenvalue weighted by atomic mass is 9.87. The molecule has 3 heterocycles. The van der Waals surface area contributed by atoms with Crippen molar-refractivity contribution in [3.8, 4) is 11.8 Å². The number of nitrogens with one attached hydrogen (secondary N) is 2. The molecular weight excluding hydrogens is 606 g/mol. The molecule has 1 aromatic heterocycles. The zero-order chi connectivity index (χ0) is 32.0. The molecule has 1 unspecified atom stereocenters. The van der Waals surface area contributed by atoms with Crippen LogP contribution in [0.1, 0.15) is 71.6 Å². The first-order valence-electron chi connectivity index (χ1n) is 15.8. The van der Waals surface area contributed by atoms with E-state index in [1.165, 1.54) is 0 Å². The largest absolute Gasteiger partial charge is 0.490 e. The summed E-state index contributed by atoms with van der Waals surface area (Å²) in [6, 6.07) is 18.7. The van der Waals surface area contributed by atoms with Crippen LogP contribution in [0, 0.1) is 11.3 Å². The molecule has 0 bridgehead atoms. The van der Waals surface area contributed by atoms with E-state index in [4.69, 9.17) is 21.6 Å². The van der Waals surface area contributed by atoms with Crippen molar-refractivity contribution in [3.63, 3.8) is 0 Å². The molecule has 3 amide bonds. The van der Waals surface area contributed by atoms with Crippen molar-refractivity contribution in [2.75, 3.05) is 31.1 Å². The Kier molecular flexibility index (Phi) is 9.76. The number of carbonyl (C=O) groups excluding carboxylic acids is 3. The van der Waals surface area contributed by atoms with Crippen molar-refractivity contribution in [1.82, 2.24) is 25.7 Å². The normalized spacial score (nSPS) is 22.1. The van der Waals surface area contributed by atoms with Gasteiger partial charge < -0.3 is 15.0 Å². The maximum absolute atomic E-state index is 12.9. The van der Waals surface area contributed by atoms with E-state index in [9.17, 15) is 14.4 Å². The Morgan fingerprint density at radius 2 is 1.78 bits per heavy atom. The van der Waals surface area contributed by atoms with Crippen molar-refractivity contribution in [3.05, 3.63) is 82.0 Å². The standard InChI is InChI=1S/C34H36ClN7O4/c35-29-19-26(8-5-22(29)20-36)46-25-9-6-24(7-10-25)37-34(45)30-12-13-31(40-39-30)42-17-15-41(16-18-42)21-23-3-1-2-4-27(23)28-11-14-32(43)38-33(28)44/h1-5,8,12-13,19,24-25,28H,6-7,9-11,14-18,21H2,(H,37,45)(H,38,43,44). The number of carbonyl (C=O) groups is 3. The predicted octanol–water partition coefficient (Wildman–Crippen LogP) is 3.96. The van der Waals surface area contributed by atoms with E-state index >= 15 is 0 Å². The number of hydrogen-bond acceptors (Lipinski definition) is 9. The highest BCUT2D eigenvalue weighted by Gasteiger charge is 2.30. The van der Waals surface area contributed by atoms with Gasteiger partial charge in [0.25, 0.3) is 5.91 Å². The topological polar surface area (TPSA) is 141 Å². The molecule has 2 aliphatic heterocycles. The molecular formula is C34H36ClN7O4.